The molecule has 1 aromatic rings. The van der Waals surface area contributed by atoms with Crippen molar-refractivity contribution in [2.24, 2.45) is 29.6 Å². The molecule has 2 N–H and O–H groups in total. The first kappa shape index (κ1) is 26.7. The summed E-state index contributed by atoms with van der Waals surface area (Å²) in [5.74, 6) is -2.47. The van der Waals surface area contributed by atoms with Crippen LogP contribution in [0.2, 0.25) is 0 Å². The van der Waals surface area contributed by atoms with Crippen molar-refractivity contribution in [3.63, 3.8) is 0 Å². The van der Waals surface area contributed by atoms with Crippen molar-refractivity contribution in [2.45, 2.75) is 52.6 Å². The fourth-order valence-electron chi connectivity index (χ4n) is 5.48. The zero-order valence-electron chi connectivity index (χ0n) is 21.3. The maximum atomic E-state index is 13.9. The van der Waals surface area contributed by atoms with Crippen LogP contribution in [0, 0.1) is 29.6 Å². The third-order valence-corrected chi connectivity index (χ3v) is 7.17. The number of esters is 1. The molecule has 1 heterocycles. The highest BCUT2D eigenvalue weighted by Crippen LogP contribution is 2.47. The predicted octanol–water partition coefficient (Wildman–Crippen LogP) is 3.26. The lowest BCUT2D eigenvalue weighted by Crippen LogP contribution is -2.52. The van der Waals surface area contributed by atoms with Gasteiger partial charge in [-0.3, -0.25) is 14.4 Å². The Morgan fingerprint density at radius 2 is 1.83 bits per heavy atom. The number of aliphatic hydroxyl groups excluding tert-OH is 1. The number of nitrogens with zero attached hydrogens (tertiary/aromatic N) is 1. The summed E-state index contributed by atoms with van der Waals surface area (Å²) >= 11 is 0. The number of aliphatic hydroxyl groups is 1. The summed E-state index contributed by atoms with van der Waals surface area (Å²) in [6, 6.07) is 5.54. The monoisotopic (exact) mass is 486 g/mol. The number of methoxy groups -OCH3 is 1. The van der Waals surface area contributed by atoms with Crippen LogP contribution < -0.4 is 10.1 Å². The van der Waals surface area contributed by atoms with Gasteiger partial charge in [-0.25, -0.2) is 0 Å². The van der Waals surface area contributed by atoms with E-state index in [-0.39, 0.29) is 36.9 Å². The minimum atomic E-state index is -0.857. The van der Waals surface area contributed by atoms with Gasteiger partial charge in [0.1, 0.15) is 11.8 Å². The molecule has 0 aromatic heterocycles. The van der Waals surface area contributed by atoms with E-state index in [0.29, 0.717) is 11.4 Å². The van der Waals surface area contributed by atoms with E-state index in [1.54, 1.807) is 38.3 Å². The Bertz CT molecular complexity index is 928. The quantitative estimate of drug-likeness (QED) is 0.389. The molecule has 2 amide bonds. The van der Waals surface area contributed by atoms with E-state index < -0.39 is 35.8 Å². The third kappa shape index (κ3) is 5.37. The Balaban J connectivity index is 2.03. The van der Waals surface area contributed by atoms with E-state index in [9.17, 15) is 19.5 Å². The van der Waals surface area contributed by atoms with Gasteiger partial charge in [0.05, 0.1) is 38.2 Å². The molecule has 1 aliphatic heterocycles. The Hall–Kier alpha value is -2.87. The van der Waals surface area contributed by atoms with Crippen LogP contribution in [0.1, 0.15) is 40.5 Å². The molecule has 0 radical (unpaired) electrons. The molecule has 6 atom stereocenters. The third-order valence-electron chi connectivity index (χ3n) is 7.17. The molecule has 8 heteroatoms. The highest BCUT2D eigenvalue weighted by molar-refractivity contribution is 6.01. The SMILES string of the molecule is CCC[C@@H]1C=C[C@H]2[C@H](C(=O)N([C@@H](CO)C(C)C)[C@@H]2C(=O)Nc2ccc(OC)cc2)[C@@H]1C(=O)OCC. The normalized spacial score (nSPS) is 26.4. The molecule has 0 unspecified atom stereocenters. The topological polar surface area (TPSA) is 105 Å². The Labute approximate surface area is 207 Å². The number of rotatable bonds is 10. The van der Waals surface area contributed by atoms with E-state index in [0.717, 1.165) is 12.8 Å². The number of ether oxygens (including phenoxy) is 2. The standard InChI is InChI=1S/C27H38N2O6/c1-6-8-17-9-14-20-23(22(17)27(33)35-7-2)26(32)29(21(15-30)16(3)4)24(20)25(31)28-18-10-12-19(34-5)13-11-18/h9-14,16-17,20-24,30H,6-8,15H2,1-5H3,(H,28,31)/t17-,20+,21+,22-,23+,24+/m1/s1. The molecule has 2 aliphatic rings. The van der Waals surface area contributed by atoms with Crippen LogP contribution in [0.4, 0.5) is 5.69 Å². The molecule has 1 saturated heterocycles. The summed E-state index contributed by atoms with van der Waals surface area (Å²) in [6.07, 6.45) is 5.49. The summed E-state index contributed by atoms with van der Waals surface area (Å²) in [5, 5.41) is 13.1. The highest BCUT2D eigenvalue weighted by Gasteiger charge is 2.59. The molecule has 192 valence electrons. The largest absolute Gasteiger partial charge is 0.497 e. The number of likely N-dealkylation sites (tertiary alicyclic amines) is 1. The van der Waals surface area contributed by atoms with E-state index in [2.05, 4.69) is 5.32 Å². The smallest absolute Gasteiger partial charge is 0.310 e. The number of amides is 2. The number of carbonyl (C=O) groups excluding carboxylic acids is 3. The molecule has 1 fully saturated rings. The number of carbonyl (C=O) groups is 3. The van der Waals surface area contributed by atoms with Crippen molar-refractivity contribution in [2.75, 3.05) is 25.6 Å². The second kappa shape index (κ2) is 11.7. The molecule has 0 bridgehead atoms. The fraction of sp³-hybridized carbons (Fsp3) is 0.593. The molecule has 0 saturated carbocycles. The van der Waals surface area contributed by atoms with Gasteiger partial charge in [-0.2, -0.15) is 0 Å². The molecule has 35 heavy (non-hydrogen) atoms. The van der Waals surface area contributed by atoms with Crippen LogP contribution in [0.3, 0.4) is 0 Å². The molecule has 1 aliphatic carbocycles. The Kier molecular flexibility index (Phi) is 8.94. The van der Waals surface area contributed by atoms with Gasteiger partial charge in [-0.1, -0.05) is 39.3 Å². The van der Waals surface area contributed by atoms with Gasteiger partial charge < -0.3 is 24.8 Å². The van der Waals surface area contributed by atoms with Crippen LogP contribution >= 0.6 is 0 Å². The van der Waals surface area contributed by atoms with Gasteiger partial charge in [-0.15, -0.1) is 0 Å². The van der Waals surface area contributed by atoms with Crippen molar-refractivity contribution in [3.05, 3.63) is 36.4 Å². The molecular formula is C27H38N2O6. The maximum Gasteiger partial charge on any atom is 0.310 e. The van der Waals surface area contributed by atoms with Gasteiger partial charge in [0.25, 0.3) is 0 Å². The average molecular weight is 487 g/mol. The molecule has 0 spiro atoms. The summed E-state index contributed by atoms with van der Waals surface area (Å²) in [5.41, 5.74) is 0.572. The number of allylic oxidation sites excluding steroid dienone is 1. The second-order valence-corrected chi connectivity index (χ2v) is 9.62. The summed E-state index contributed by atoms with van der Waals surface area (Å²) in [4.78, 5) is 42.2. The molecule has 3 rings (SSSR count). The zero-order valence-corrected chi connectivity index (χ0v) is 21.3. The number of anilines is 1. The molecular weight excluding hydrogens is 448 g/mol. The molecule has 8 nitrogen and oxygen atoms in total. The van der Waals surface area contributed by atoms with E-state index >= 15 is 0 Å². The average Bonchev–Trinajstić information content (AvgIpc) is 3.12. The van der Waals surface area contributed by atoms with Gasteiger partial charge in [0.15, 0.2) is 0 Å². The van der Waals surface area contributed by atoms with Gasteiger partial charge >= 0.3 is 5.97 Å². The fourth-order valence-corrected chi connectivity index (χ4v) is 5.48. The van der Waals surface area contributed by atoms with Gasteiger partial charge in [0, 0.05) is 11.6 Å². The lowest BCUT2D eigenvalue weighted by molar-refractivity contribution is -0.156. The van der Waals surface area contributed by atoms with Crippen molar-refractivity contribution in [1.82, 2.24) is 4.90 Å². The number of fused-ring (bicyclic) bond motifs is 1. The lowest BCUT2D eigenvalue weighted by Gasteiger charge is -2.35. The minimum absolute atomic E-state index is 0.0862. The van der Waals surface area contributed by atoms with Crippen LogP contribution in [-0.4, -0.2) is 60.2 Å². The van der Waals surface area contributed by atoms with Crippen LogP contribution in [-0.2, 0) is 19.1 Å². The van der Waals surface area contributed by atoms with Crippen molar-refractivity contribution >= 4 is 23.5 Å². The van der Waals surface area contributed by atoms with Crippen LogP contribution in [0.25, 0.3) is 0 Å². The number of hydrogen-bond donors (Lipinski definition) is 2. The van der Waals surface area contributed by atoms with Gasteiger partial charge in [0.2, 0.25) is 11.8 Å². The lowest BCUT2D eigenvalue weighted by atomic mass is 9.69. The van der Waals surface area contributed by atoms with Crippen LogP contribution in [0.15, 0.2) is 36.4 Å². The van der Waals surface area contributed by atoms with E-state index in [4.69, 9.17) is 9.47 Å². The van der Waals surface area contributed by atoms with Crippen molar-refractivity contribution in [3.8, 4) is 5.75 Å². The highest BCUT2D eigenvalue weighted by atomic mass is 16.5. The molecule has 1 aromatic carbocycles. The Morgan fingerprint density at radius 1 is 1.14 bits per heavy atom. The first-order valence-electron chi connectivity index (χ1n) is 12.5. The number of hydrogen-bond acceptors (Lipinski definition) is 6. The summed E-state index contributed by atoms with van der Waals surface area (Å²) < 4.78 is 10.6. The van der Waals surface area contributed by atoms with Crippen molar-refractivity contribution in [1.29, 1.82) is 0 Å². The Morgan fingerprint density at radius 3 is 2.37 bits per heavy atom. The maximum absolute atomic E-state index is 13.9. The van der Waals surface area contributed by atoms with Gasteiger partial charge in [-0.05, 0) is 49.4 Å². The number of nitrogens with one attached hydrogen (secondary N) is 1. The van der Waals surface area contributed by atoms with E-state index in [1.807, 2.05) is 32.9 Å². The number of benzene rings is 1. The van der Waals surface area contributed by atoms with Crippen molar-refractivity contribution < 1.29 is 29.0 Å². The zero-order chi connectivity index (χ0) is 25.7. The second-order valence-electron chi connectivity index (χ2n) is 9.62. The summed E-state index contributed by atoms with van der Waals surface area (Å²) in [7, 11) is 1.57. The first-order chi connectivity index (χ1) is 16.8. The predicted molar refractivity (Wildman–Crippen MR) is 133 cm³/mol. The summed E-state index contributed by atoms with van der Waals surface area (Å²) in [6.45, 7) is 7.55. The van der Waals surface area contributed by atoms with E-state index in [1.165, 1.54) is 4.90 Å². The minimum Gasteiger partial charge on any atom is -0.497 e. The van der Waals surface area contributed by atoms with Crippen LogP contribution in [0.5, 0.6) is 5.75 Å². The first-order valence-corrected chi connectivity index (χ1v) is 12.5.